The van der Waals surface area contributed by atoms with Crippen molar-refractivity contribution in [3.05, 3.63) is 0 Å². The first-order valence-electron chi connectivity index (χ1n) is 5.72. The Hall–Kier alpha value is -1.01. The highest BCUT2D eigenvalue weighted by molar-refractivity contribution is 5.78. The van der Waals surface area contributed by atoms with Crippen LogP contribution in [0.15, 0.2) is 0 Å². The van der Waals surface area contributed by atoms with Gasteiger partial charge in [-0.05, 0) is 25.8 Å². The van der Waals surface area contributed by atoms with E-state index in [2.05, 4.69) is 18.2 Å². The summed E-state index contributed by atoms with van der Waals surface area (Å²) < 4.78 is 0. The quantitative estimate of drug-likeness (QED) is 0.684. The number of nitrogens with one attached hydrogen (secondary N) is 1. The first-order valence-corrected chi connectivity index (χ1v) is 5.72. The Kier molecular flexibility index (Phi) is 5.20. The number of carbonyl (C=O) groups is 1. The third kappa shape index (κ3) is 3.93. The highest BCUT2D eigenvalue weighted by Crippen LogP contribution is 2.08. The second-order valence-electron chi connectivity index (χ2n) is 4.01. The minimum Gasteiger partial charge on any atom is -0.340 e. The lowest BCUT2D eigenvalue weighted by atomic mass is 10.2. The number of carbonyl (C=O) groups excluding carboxylic acids is 1. The van der Waals surface area contributed by atoms with Crippen molar-refractivity contribution in [3.8, 4) is 12.3 Å². The molecule has 84 valence electrons. The molecule has 1 atom stereocenters. The normalized spacial score (nSPS) is 19.9. The molecule has 0 radical (unpaired) electrons. The molecular weight excluding hydrogens is 188 g/mol. The van der Waals surface area contributed by atoms with E-state index in [-0.39, 0.29) is 12.3 Å². The Bertz CT molecular complexity index is 238. The Balaban J connectivity index is 2.41. The molecule has 0 aromatic heterocycles. The van der Waals surface area contributed by atoms with Crippen LogP contribution in [-0.2, 0) is 4.79 Å². The topological polar surface area (TPSA) is 32.3 Å². The number of rotatable bonds is 5. The molecule has 0 bridgehead atoms. The van der Waals surface area contributed by atoms with Gasteiger partial charge in [-0.2, -0.15) is 0 Å². The smallest absolute Gasteiger partial charge is 0.234 e. The van der Waals surface area contributed by atoms with Crippen LogP contribution >= 0.6 is 0 Å². The van der Waals surface area contributed by atoms with Gasteiger partial charge in [0.25, 0.3) is 0 Å². The molecule has 1 aliphatic heterocycles. The van der Waals surface area contributed by atoms with E-state index in [9.17, 15) is 4.79 Å². The van der Waals surface area contributed by atoms with Crippen LogP contribution in [0.4, 0.5) is 0 Å². The van der Waals surface area contributed by atoms with E-state index in [1.54, 1.807) is 0 Å². The number of hydrogen-bond acceptors (Lipinski definition) is 2. The standard InChI is InChI=1S/C12H20N2O/c1-3-6-12(15)14(9-4-2)10-11-7-5-8-13-11/h1,11,13H,4-10H2,2H3. The van der Waals surface area contributed by atoms with Gasteiger partial charge >= 0.3 is 0 Å². The second kappa shape index (κ2) is 6.47. The van der Waals surface area contributed by atoms with Crippen LogP contribution < -0.4 is 5.32 Å². The summed E-state index contributed by atoms with van der Waals surface area (Å²) in [4.78, 5) is 13.6. The minimum absolute atomic E-state index is 0.0908. The predicted octanol–water partition coefficient (Wildman–Crippen LogP) is 1.00. The second-order valence-corrected chi connectivity index (χ2v) is 4.01. The molecular formula is C12H20N2O. The van der Waals surface area contributed by atoms with E-state index >= 15 is 0 Å². The van der Waals surface area contributed by atoms with Crippen LogP contribution in [0.5, 0.6) is 0 Å². The molecule has 0 aromatic carbocycles. The van der Waals surface area contributed by atoms with E-state index in [1.807, 2.05) is 4.90 Å². The maximum absolute atomic E-state index is 11.7. The summed E-state index contributed by atoms with van der Waals surface area (Å²) in [6.07, 6.45) is 8.76. The molecule has 1 N–H and O–H groups in total. The molecule has 3 heteroatoms. The van der Waals surface area contributed by atoms with Crippen molar-refractivity contribution in [1.82, 2.24) is 10.2 Å². The lowest BCUT2D eigenvalue weighted by Crippen LogP contribution is -2.41. The molecule has 1 fully saturated rings. The zero-order valence-electron chi connectivity index (χ0n) is 9.46. The first-order chi connectivity index (χ1) is 7.27. The van der Waals surface area contributed by atoms with E-state index < -0.39 is 0 Å². The highest BCUT2D eigenvalue weighted by Gasteiger charge is 2.20. The van der Waals surface area contributed by atoms with Crippen molar-refractivity contribution in [2.45, 2.75) is 38.6 Å². The van der Waals surface area contributed by atoms with Gasteiger partial charge in [0.05, 0.1) is 6.42 Å². The summed E-state index contributed by atoms with van der Waals surface area (Å²) >= 11 is 0. The molecule has 3 nitrogen and oxygen atoms in total. The fourth-order valence-electron chi connectivity index (χ4n) is 1.97. The molecule has 1 rings (SSSR count). The van der Waals surface area contributed by atoms with Crippen LogP contribution in [-0.4, -0.2) is 36.5 Å². The fraction of sp³-hybridized carbons (Fsp3) is 0.750. The molecule has 0 spiro atoms. The van der Waals surface area contributed by atoms with E-state index in [4.69, 9.17) is 6.42 Å². The lowest BCUT2D eigenvalue weighted by molar-refractivity contribution is -0.130. The number of terminal acetylenes is 1. The summed E-state index contributed by atoms with van der Waals surface area (Å²) in [7, 11) is 0. The van der Waals surface area contributed by atoms with Gasteiger partial charge in [-0.3, -0.25) is 4.79 Å². The molecule has 1 unspecified atom stereocenters. The molecule has 1 amide bonds. The molecule has 1 saturated heterocycles. The average molecular weight is 208 g/mol. The van der Waals surface area contributed by atoms with Crippen molar-refractivity contribution in [1.29, 1.82) is 0 Å². The van der Waals surface area contributed by atoms with Crippen LogP contribution in [0, 0.1) is 12.3 Å². The van der Waals surface area contributed by atoms with Crippen LogP contribution in [0.3, 0.4) is 0 Å². The lowest BCUT2D eigenvalue weighted by Gasteiger charge is -2.24. The van der Waals surface area contributed by atoms with Gasteiger partial charge in [0.1, 0.15) is 0 Å². The number of amides is 1. The summed E-state index contributed by atoms with van der Waals surface area (Å²) in [6.45, 7) is 4.79. The average Bonchev–Trinajstić information content (AvgIpc) is 2.70. The van der Waals surface area contributed by atoms with Gasteiger partial charge in [-0.1, -0.05) is 12.8 Å². The Morgan fingerprint density at radius 3 is 3.00 bits per heavy atom. The summed E-state index contributed by atoms with van der Waals surface area (Å²) in [5.41, 5.74) is 0. The molecule has 0 saturated carbocycles. The monoisotopic (exact) mass is 208 g/mol. The van der Waals surface area contributed by atoms with Crippen molar-refractivity contribution >= 4 is 5.91 Å². The van der Waals surface area contributed by atoms with Crippen LogP contribution in [0.1, 0.15) is 32.6 Å². The van der Waals surface area contributed by atoms with E-state index in [1.165, 1.54) is 12.8 Å². The number of nitrogens with zero attached hydrogens (tertiary/aromatic N) is 1. The maximum atomic E-state index is 11.7. The molecule has 0 aliphatic carbocycles. The van der Waals surface area contributed by atoms with Gasteiger partial charge in [0.15, 0.2) is 0 Å². The zero-order chi connectivity index (χ0) is 11.1. The van der Waals surface area contributed by atoms with E-state index in [0.717, 1.165) is 26.1 Å². The van der Waals surface area contributed by atoms with Crippen molar-refractivity contribution in [2.75, 3.05) is 19.6 Å². The largest absolute Gasteiger partial charge is 0.340 e. The Labute approximate surface area is 92.2 Å². The molecule has 1 heterocycles. The van der Waals surface area contributed by atoms with Gasteiger partial charge in [-0.15, -0.1) is 6.42 Å². The Morgan fingerprint density at radius 2 is 2.47 bits per heavy atom. The summed E-state index contributed by atoms with van der Waals surface area (Å²) in [5, 5.41) is 3.40. The van der Waals surface area contributed by atoms with Crippen LogP contribution in [0.2, 0.25) is 0 Å². The van der Waals surface area contributed by atoms with Gasteiger partial charge in [0, 0.05) is 19.1 Å². The third-order valence-corrected chi connectivity index (χ3v) is 2.70. The summed E-state index contributed by atoms with van der Waals surface area (Å²) in [5.74, 6) is 2.51. The molecule has 1 aliphatic rings. The van der Waals surface area contributed by atoms with Crippen LogP contribution in [0.25, 0.3) is 0 Å². The molecule has 15 heavy (non-hydrogen) atoms. The van der Waals surface area contributed by atoms with Crippen molar-refractivity contribution in [3.63, 3.8) is 0 Å². The highest BCUT2D eigenvalue weighted by atomic mass is 16.2. The maximum Gasteiger partial charge on any atom is 0.234 e. The third-order valence-electron chi connectivity index (χ3n) is 2.70. The molecule has 0 aromatic rings. The van der Waals surface area contributed by atoms with Gasteiger partial charge < -0.3 is 10.2 Å². The first kappa shape index (κ1) is 12.1. The van der Waals surface area contributed by atoms with Gasteiger partial charge in [0.2, 0.25) is 5.91 Å². The van der Waals surface area contributed by atoms with Crippen molar-refractivity contribution in [2.24, 2.45) is 0 Å². The van der Waals surface area contributed by atoms with Gasteiger partial charge in [-0.25, -0.2) is 0 Å². The number of hydrogen-bond donors (Lipinski definition) is 1. The van der Waals surface area contributed by atoms with E-state index in [0.29, 0.717) is 6.04 Å². The van der Waals surface area contributed by atoms with Crippen molar-refractivity contribution < 1.29 is 4.79 Å². The SMILES string of the molecule is C#CCC(=O)N(CCC)CC1CCCN1. The summed E-state index contributed by atoms with van der Waals surface area (Å²) in [6, 6.07) is 0.471. The minimum atomic E-state index is 0.0908. The Morgan fingerprint density at radius 1 is 1.67 bits per heavy atom. The fourth-order valence-corrected chi connectivity index (χ4v) is 1.97. The predicted molar refractivity (Wildman–Crippen MR) is 61.3 cm³/mol. The zero-order valence-corrected chi connectivity index (χ0v) is 9.46.